The summed E-state index contributed by atoms with van der Waals surface area (Å²) in [6, 6.07) is 23.8. The Hall–Kier alpha value is -3.80. The summed E-state index contributed by atoms with van der Waals surface area (Å²) in [6.07, 6.45) is 0. The summed E-state index contributed by atoms with van der Waals surface area (Å²) in [7, 11) is 0. The summed E-state index contributed by atoms with van der Waals surface area (Å²) in [5.74, 6) is -2.49. The number of ether oxygens (including phenoxy) is 1. The minimum absolute atomic E-state index is 0.0724. The van der Waals surface area contributed by atoms with Gasteiger partial charge in [0, 0.05) is 10.0 Å². The van der Waals surface area contributed by atoms with Crippen LogP contribution in [0.25, 0.3) is 22.3 Å². The Balaban J connectivity index is 1.72. The normalized spacial score (nSPS) is 10.6. The van der Waals surface area contributed by atoms with E-state index in [1.807, 2.05) is 24.3 Å². The minimum atomic E-state index is -1.41. The molecule has 0 atom stereocenters. The van der Waals surface area contributed by atoms with Crippen molar-refractivity contribution in [3.8, 4) is 33.8 Å². The average molecular weight is 479 g/mol. The largest absolute Gasteiger partial charge is 0.478 e. The van der Waals surface area contributed by atoms with Crippen molar-refractivity contribution >= 4 is 35.1 Å². The molecule has 0 heterocycles. The van der Waals surface area contributed by atoms with Crippen LogP contribution in [-0.4, -0.2) is 22.2 Å². The number of carboxylic acids is 2. The Kier molecular flexibility index (Phi) is 6.36. The number of aromatic carboxylic acids is 2. The fourth-order valence-electron chi connectivity index (χ4n) is 3.46. The molecule has 0 saturated heterocycles. The molecule has 0 aromatic heterocycles. The van der Waals surface area contributed by atoms with Gasteiger partial charge in [-0.2, -0.15) is 0 Å². The summed E-state index contributed by atoms with van der Waals surface area (Å²) in [4.78, 5) is 24.1. The van der Waals surface area contributed by atoms with E-state index in [0.29, 0.717) is 21.4 Å². The van der Waals surface area contributed by atoms with Crippen LogP contribution in [0.15, 0.2) is 84.9 Å². The topological polar surface area (TPSA) is 83.8 Å². The van der Waals surface area contributed by atoms with Crippen LogP contribution in [-0.2, 0) is 0 Å². The van der Waals surface area contributed by atoms with Crippen molar-refractivity contribution in [3.63, 3.8) is 0 Å². The molecule has 0 saturated carbocycles. The zero-order chi connectivity index (χ0) is 23.5. The number of hydrogen-bond donors (Lipinski definition) is 2. The highest BCUT2D eigenvalue weighted by molar-refractivity contribution is 6.31. The van der Waals surface area contributed by atoms with Gasteiger partial charge in [-0.25, -0.2) is 9.59 Å². The van der Waals surface area contributed by atoms with Gasteiger partial charge in [0.2, 0.25) is 0 Å². The quantitative estimate of drug-likeness (QED) is 0.299. The van der Waals surface area contributed by atoms with Crippen molar-refractivity contribution in [1.82, 2.24) is 0 Å². The van der Waals surface area contributed by atoms with E-state index in [2.05, 4.69) is 0 Å². The number of carbonyl (C=O) groups is 2. The van der Waals surface area contributed by atoms with Crippen molar-refractivity contribution < 1.29 is 24.5 Å². The van der Waals surface area contributed by atoms with E-state index in [-0.39, 0.29) is 16.9 Å². The van der Waals surface area contributed by atoms with E-state index >= 15 is 0 Å². The zero-order valence-electron chi connectivity index (χ0n) is 17.0. The third-order valence-electron chi connectivity index (χ3n) is 5.01. The first kappa shape index (κ1) is 22.4. The highest BCUT2D eigenvalue weighted by Crippen LogP contribution is 2.36. The van der Waals surface area contributed by atoms with Crippen LogP contribution in [0.5, 0.6) is 11.5 Å². The molecule has 0 aliphatic carbocycles. The summed E-state index contributed by atoms with van der Waals surface area (Å²) < 4.78 is 5.80. The van der Waals surface area contributed by atoms with Gasteiger partial charge >= 0.3 is 11.9 Å². The highest BCUT2D eigenvalue weighted by Gasteiger charge is 2.26. The van der Waals surface area contributed by atoms with Gasteiger partial charge in [0.25, 0.3) is 0 Å². The Labute approximate surface area is 199 Å². The lowest BCUT2D eigenvalue weighted by Crippen LogP contribution is -2.11. The maximum Gasteiger partial charge on any atom is 0.340 e. The first-order valence-electron chi connectivity index (χ1n) is 9.77. The van der Waals surface area contributed by atoms with Crippen LogP contribution in [0.3, 0.4) is 0 Å². The molecule has 4 aromatic carbocycles. The summed E-state index contributed by atoms with van der Waals surface area (Å²) in [6.45, 7) is 0. The summed E-state index contributed by atoms with van der Waals surface area (Å²) in [5.41, 5.74) is 1.86. The molecule has 0 fully saturated rings. The molecule has 0 spiro atoms. The van der Waals surface area contributed by atoms with Crippen LogP contribution >= 0.6 is 23.2 Å². The van der Waals surface area contributed by atoms with Gasteiger partial charge in [-0.1, -0.05) is 59.6 Å². The summed E-state index contributed by atoms with van der Waals surface area (Å²) >= 11 is 11.9. The maximum atomic E-state index is 12.1. The predicted molar refractivity (Wildman–Crippen MR) is 128 cm³/mol. The third kappa shape index (κ3) is 4.85. The fraction of sp³-hybridized carbons (Fsp3) is 0. The molecular formula is C26H16Cl2O5. The Morgan fingerprint density at radius 3 is 1.52 bits per heavy atom. The molecule has 33 heavy (non-hydrogen) atoms. The van der Waals surface area contributed by atoms with Crippen LogP contribution in [0, 0.1) is 0 Å². The van der Waals surface area contributed by atoms with E-state index in [1.165, 1.54) is 12.1 Å². The Morgan fingerprint density at radius 1 is 0.576 bits per heavy atom. The highest BCUT2D eigenvalue weighted by atomic mass is 35.5. The van der Waals surface area contributed by atoms with Gasteiger partial charge in [-0.15, -0.1) is 0 Å². The Morgan fingerprint density at radius 2 is 1.03 bits per heavy atom. The molecule has 0 aliphatic heterocycles. The van der Waals surface area contributed by atoms with E-state index < -0.39 is 17.5 Å². The standard InChI is InChI=1S/C26H16Cl2O5/c27-18-7-1-15(2-8-18)16-5-11-20(12-6-16)33-22-14-13-21(17-3-9-19(28)10-4-17)23(25(29)30)24(22)26(31)32/h1-14H,(H,29,30)(H,31,32). The van der Waals surface area contributed by atoms with Gasteiger partial charge in [-0.05, 0) is 70.8 Å². The second kappa shape index (κ2) is 9.36. The van der Waals surface area contributed by atoms with Crippen molar-refractivity contribution in [1.29, 1.82) is 0 Å². The maximum absolute atomic E-state index is 12.1. The molecule has 4 aromatic rings. The first-order valence-corrected chi connectivity index (χ1v) is 10.5. The van der Waals surface area contributed by atoms with Crippen LogP contribution in [0.1, 0.15) is 20.7 Å². The smallest absolute Gasteiger partial charge is 0.340 e. The molecule has 2 N–H and O–H groups in total. The summed E-state index contributed by atoms with van der Waals surface area (Å²) in [5, 5.41) is 20.8. The van der Waals surface area contributed by atoms with Gasteiger partial charge in [0.1, 0.15) is 17.1 Å². The number of rotatable bonds is 6. The molecule has 0 radical (unpaired) electrons. The monoisotopic (exact) mass is 478 g/mol. The van der Waals surface area contributed by atoms with Crippen molar-refractivity contribution in [3.05, 3.63) is 106 Å². The second-order valence-corrected chi connectivity index (χ2v) is 7.98. The van der Waals surface area contributed by atoms with E-state index in [4.69, 9.17) is 27.9 Å². The van der Waals surface area contributed by atoms with Gasteiger partial charge in [0.15, 0.2) is 0 Å². The zero-order valence-corrected chi connectivity index (χ0v) is 18.5. The molecule has 0 bridgehead atoms. The average Bonchev–Trinajstić information content (AvgIpc) is 2.80. The van der Waals surface area contributed by atoms with Crippen molar-refractivity contribution in [2.45, 2.75) is 0 Å². The molecular weight excluding hydrogens is 463 g/mol. The van der Waals surface area contributed by atoms with Gasteiger partial charge < -0.3 is 14.9 Å². The number of carboxylic acid groups (broad SMARTS) is 2. The predicted octanol–water partition coefficient (Wildman–Crippen LogP) is 7.52. The van der Waals surface area contributed by atoms with Gasteiger partial charge in [-0.3, -0.25) is 0 Å². The minimum Gasteiger partial charge on any atom is -0.478 e. The molecule has 0 aliphatic rings. The van der Waals surface area contributed by atoms with E-state index in [0.717, 1.165) is 11.1 Å². The molecule has 164 valence electrons. The Bertz CT molecular complexity index is 1330. The lowest BCUT2D eigenvalue weighted by Gasteiger charge is -2.15. The molecule has 5 nitrogen and oxygen atoms in total. The van der Waals surface area contributed by atoms with Crippen LogP contribution in [0.2, 0.25) is 10.0 Å². The van der Waals surface area contributed by atoms with E-state index in [1.54, 1.807) is 48.5 Å². The van der Waals surface area contributed by atoms with Crippen LogP contribution < -0.4 is 4.74 Å². The van der Waals surface area contributed by atoms with Crippen molar-refractivity contribution in [2.75, 3.05) is 0 Å². The lowest BCUT2D eigenvalue weighted by atomic mass is 9.94. The number of halogens is 2. The van der Waals surface area contributed by atoms with E-state index in [9.17, 15) is 19.8 Å². The van der Waals surface area contributed by atoms with Gasteiger partial charge in [0.05, 0.1) is 5.56 Å². The molecule has 0 amide bonds. The van der Waals surface area contributed by atoms with Crippen molar-refractivity contribution in [2.24, 2.45) is 0 Å². The number of hydrogen-bond acceptors (Lipinski definition) is 3. The van der Waals surface area contributed by atoms with Crippen LogP contribution in [0.4, 0.5) is 0 Å². The first-order chi connectivity index (χ1) is 15.8. The number of benzene rings is 4. The fourth-order valence-corrected chi connectivity index (χ4v) is 3.71. The lowest BCUT2D eigenvalue weighted by molar-refractivity contribution is 0.0649. The second-order valence-electron chi connectivity index (χ2n) is 7.11. The molecule has 4 rings (SSSR count). The SMILES string of the molecule is O=C(O)c1c(Oc2ccc(-c3ccc(Cl)cc3)cc2)ccc(-c2ccc(Cl)cc2)c1C(=O)O. The molecule has 7 heteroatoms. The third-order valence-corrected chi connectivity index (χ3v) is 5.51. The molecule has 0 unspecified atom stereocenters.